The van der Waals surface area contributed by atoms with Crippen LogP contribution in [0.5, 0.6) is 0 Å². The summed E-state index contributed by atoms with van der Waals surface area (Å²) in [6.07, 6.45) is 2.31. The Morgan fingerprint density at radius 3 is 2.65 bits per heavy atom. The van der Waals surface area contributed by atoms with E-state index < -0.39 is 0 Å². The molecule has 2 fully saturated rings. The van der Waals surface area contributed by atoms with Gasteiger partial charge in [0.05, 0.1) is 0 Å². The fourth-order valence-electron chi connectivity index (χ4n) is 3.90. The number of piperidine rings is 1. The summed E-state index contributed by atoms with van der Waals surface area (Å²) < 4.78 is 0. The van der Waals surface area contributed by atoms with Crippen LogP contribution < -0.4 is 5.56 Å². The molecule has 2 heterocycles. The van der Waals surface area contributed by atoms with Crippen LogP contribution >= 0.6 is 0 Å². The van der Waals surface area contributed by atoms with E-state index in [1.165, 1.54) is 0 Å². The van der Waals surface area contributed by atoms with Crippen LogP contribution in [-0.2, 0) is 4.79 Å². The van der Waals surface area contributed by atoms with Gasteiger partial charge in [0.1, 0.15) is 5.56 Å². The summed E-state index contributed by atoms with van der Waals surface area (Å²) in [6.45, 7) is 2.56. The zero-order valence-electron chi connectivity index (χ0n) is 13.8. The summed E-state index contributed by atoms with van der Waals surface area (Å²) >= 11 is 0. The van der Waals surface area contributed by atoms with E-state index in [0.717, 1.165) is 25.1 Å². The smallest absolute Gasteiger partial charge is 0.260 e. The molecule has 0 aromatic carbocycles. The van der Waals surface area contributed by atoms with Gasteiger partial charge in [0, 0.05) is 38.8 Å². The lowest BCUT2D eigenvalue weighted by Crippen LogP contribution is -2.40. The molecule has 6 heteroatoms. The van der Waals surface area contributed by atoms with Crippen molar-refractivity contribution in [3.63, 3.8) is 0 Å². The topological polar surface area (TPSA) is 73.5 Å². The number of aromatic amines is 1. The van der Waals surface area contributed by atoms with E-state index in [0.29, 0.717) is 18.3 Å². The molecule has 3 atom stereocenters. The third kappa shape index (κ3) is 2.90. The number of amides is 2. The van der Waals surface area contributed by atoms with Crippen molar-refractivity contribution in [1.29, 1.82) is 0 Å². The summed E-state index contributed by atoms with van der Waals surface area (Å²) in [4.78, 5) is 42.6. The van der Waals surface area contributed by atoms with Crippen molar-refractivity contribution in [1.82, 2.24) is 14.8 Å². The quantitative estimate of drug-likeness (QED) is 0.885. The number of nitrogens with one attached hydrogen (secondary N) is 1. The van der Waals surface area contributed by atoms with Crippen LogP contribution in [0.1, 0.15) is 35.3 Å². The minimum Gasteiger partial charge on any atom is -0.345 e. The van der Waals surface area contributed by atoms with Crippen molar-refractivity contribution in [3.8, 4) is 0 Å². The maximum atomic E-state index is 12.6. The van der Waals surface area contributed by atoms with Gasteiger partial charge < -0.3 is 14.8 Å². The van der Waals surface area contributed by atoms with Gasteiger partial charge in [-0.05, 0) is 43.7 Å². The van der Waals surface area contributed by atoms with E-state index in [9.17, 15) is 14.4 Å². The number of H-pyrrole nitrogens is 1. The molecule has 0 bridgehead atoms. The van der Waals surface area contributed by atoms with Gasteiger partial charge in [-0.15, -0.1) is 0 Å². The summed E-state index contributed by atoms with van der Waals surface area (Å²) in [6, 6.07) is 3.43. The van der Waals surface area contributed by atoms with Crippen LogP contribution in [0.4, 0.5) is 0 Å². The largest absolute Gasteiger partial charge is 0.345 e. The lowest BCUT2D eigenvalue weighted by Gasteiger charge is -2.31. The van der Waals surface area contributed by atoms with Crippen LogP contribution in [0, 0.1) is 18.8 Å². The van der Waals surface area contributed by atoms with Gasteiger partial charge in [0.15, 0.2) is 0 Å². The zero-order valence-corrected chi connectivity index (χ0v) is 13.8. The Labute approximate surface area is 135 Å². The first-order chi connectivity index (χ1) is 10.9. The number of likely N-dealkylation sites (tertiary alicyclic amines) is 1. The van der Waals surface area contributed by atoms with Gasteiger partial charge in [-0.1, -0.05) is 0 Å². The summed E-state index contributed by atoms with van der Waals surface area (Å²) in [5.74, 6) is 0.759. The highest BCUT2D eigenvalue weighted by atomic mass is 16.2. The van der Waals surface area contributed by atoms with Gasteiger partial charge in [0.2, 0.25) is 5.91 Å². The number of pyridine rings is 1. The number of carbonyl (C=O) groups is 2. The van der Waals surface area contributed by atoms with Crippen molar-refractivity contribution < 1.29 is 9.59 Å². The fourth-order valence-corrected chi connectivity index (χ4v) is 3.90. The number of aryl methyl sites for hydroxylation is 1. The van der Waals surface area contributed by atoms with Crippen LogP contribution in [0.25, 0.3) is 0 Å². The second-order valence-electron chi connectivity index (χ2n) is 6.92. The molecule has 1 aromatic heterocycles. The number of carbonyl (C=O) groups excluding carboxylic acids is 2. The molecular weight excluding hydrogens is 294 g/mol. The molecule has 0 spiro atoms. The average Bonchev–Trinajstić information content (AvgIpc) is 2.89. The van der Waals surface area contributed by atoms with Crippen molar-refractivity contribution in [2.75, 3.05) is 20.6 Å². The number of hydrogen-bond acceptors (Lipinski definition) is 3. The Morgan fingerprint density at radius 2 is 1.96 bits per heavy atom. The summed E-state index contributed by atoms with van der Waals surface area (Å²) in [5.41, 5.74) is 0.580. The van der Waals surface area contributed by atoms with Crippen LogP contribution in [0.3, 0.4) is 0 Å². The SMILES string of the molecule is Cc1ccc(C(=O)N(C)C2C[C@H]3CC(=O)N(C)C[C@H]3C2)c(=O)[nH]1. The third-order valence-corrected chi connectivity index (χ3v) is 5.34. The van der Waals surface area contributed by atoms with Crippen LogP contribution in [0.15, 0.2) is 16.9 Å². The lowest BCUT2D eigenvalue weighted by molar-refractivity contribution is -0.134. The molecule has 124 valence electrons. The highest BCUT2D eigenvalue weighted by Gasteiger charge is 2.42. The highest BCUT2D eigenvalue weighted by molar-refractivity contribution is 5.93. The molecule has 1 saturated carbocycles. The normalized spacial score (nSPS) is 27.0. The number of aromatic nitrogens is 1. The standard InChI is InChI=1S/C17H23N3O3/c1-10-4-5-14(16(22)18-10)17(23)20(3)13-6-11-8-15(21)19(2)9-12(11)7-13/h4-5,11-13H,6-9H2,1-3H3,(H,18,22)/t11-,12+,13?/m0/s1. The van der Waals surface area contributed by atoms with Crippen LogP contribution in [0.2, 0.25) is 0 Å². The Kier molecular flexibility index (Phi) is 4.00. The lowest BCUT2D eigenvalue weighted by atomic mass is 9.88. The number of hydrogen-bond donors (Lipinski definition) is 1. The first-order valence-electron chi connectivity index (χ1n) is 8.08. The Hall–Kier alpha value is -2.11. The van der Waals surface area contributed by atoms with E-state index in [1.54, 1.807) is 35.9 Å². The molecule has 0 radical (unpaired) electrons. The predicted octanol–water partition coefficient (Wildman–Crippen LogP) is 1.01. The van der Waals surface area contributed by atoms with Gasteiger partial charge in [-0.25, -0.2) is 0 Å². The molecule has 1 aromatic rings. The highest BCUT2D eigenvalue weighted by Crippen LogP contribution is 2.40. The molecule has 2 amide bonds. The van der Waals surface area contributed by atoms with Crippen molar-refractivity contribution in [2.45, 2.75) is 32.2 Å². The van der Waals surface area contributed by atoms with E-state index in [1.807, 2.05) is 7.05 Å². The first kappa shape index (κ1) is 15.8. The second-order valence-corrected chi connectivity index (χ2v) is 6.92. The molecule has 1 unspecified atom stereocenters. The molecule has 1 N–H and O–H groups in total. The van der Waals surface area contributed by atoms with E-state index in [-0.39, 0.29) is 29.0 Å². The van der Waals surface area contributed by atoms with E-state index in [4.69, 9.17) is 0 Å². The van der Waals surface area contributed by atoms with Gasteiger partial charge >= 0.3 is 0 Å². The molecule has 23 heavy (non-hydrogen) atoms. The Balaban J connectivity index is 1.74. The predicted molar refractivity (Wildman–Crippen MR) is 86.1 cm³/mol. The van der Waals surface area contributed by atoms with Gasteiger partial charge in [-0.2, -0.15) is 0 Å². The summed E-state index contributed by atoms with van der Waals surface area (Å²) in [5, 5.41) is 0. The summed E-state index contributed by atoms with van der Waals surface area (Å²) in [7, 11) is 3.60. The monoisotopic (exact) mass is 317 g/mol. The van der Waals surface area contributed by atoms with Gasteiger partial charge in [0.25, 0.3) is 11.5 Å². The average molecular weight is 317 g/mol. The van der Waals surface area contributed by atoms with E-state index >= 15 is 0 Å². The first-order valence-corrected chi connectivity index (χ1v) is 8.08. The number of nitrogens with zero attached hydrogens (tertiary/aromatic N) is 2. The minimum atomic E-state index is -0.341. The molecule has 2 aliphatic rings. The molecular formula is C17H23N3O3. The molecule has 1 aliphatic carbocycles. The molecule has 6 nitrogen and oxygen atoms in total. The molecule has 3 rings (SSSR count). The number of fused-ring (bicyclic) bond motifs is 1. The minimum absolute atomic E-state index is 0.0949. The van der Waals surface area contributed by atoms with Crippen molar-refractivity contribution in [2.24, 2.45) is 11.8 Å². The second kappa shape index (κ2) is 5.83. The van der Waals surface area contributed by atoms with Gasteiger partial charge in [-0.3, -0.25) is 14.4 Å². The maximum Gasteiger partial charge on any atom is 0.260 e. The molecule has 1 aliphatic heterocycles. The van der Waals surface area contributed by atoms with Crippen LogP contribution in [-0.4, -0.2) is 53.3 Å². The Bertz CT molecular complexity index is 697. The Morgan fingerprint density at radius 1 is 1.26 bits per heavy atom. The third-order valence-electron chi connectivity index (χ3n) is 5.34. The fraction of sp³-hybridized carbons (Fsp3) is 0.588. The zero-order chi connectivity index (χ0) is 16.7. The number of rotatable bonds is 2. The van der Waals surface area contributed by atoms with Crippen molar-refractivity contribution >= 4 is 11.8 Å². The maximum absolute atomic E-state index is 12.6. The molecule has 1 saturated heterocycles. The van der Waals surface area contributed by atoms with Crippen molar-refractivity contribution in [3.05, 3.63) is 33.7 Å². The van der Waals surface area contributed by atoms with E-state index in [2.05, 4.69) is 4.98 Å².